The second-order valence-corrected chi connectivity index (χ2v) is 9.22. The van der Waals surface area contributed by atoms with Crippen LogP contribution in [0.4, 0.5) is 15.9 Å². The summed E-state index contributed by atoms with van der Waals surface area (Å²) in [6.45, 7) is 10.5. The maximum atomic E-state index is 13.5. The van der Waals surface area contributed by atoms with E-state index in [1.807, 2.05) is 49.5 Å². The van der Waals surface area contributed by atoms with E-state index in [1.54, 1.807) is 17.0 Å². The number of pyridine rings is 1. The minimum Gasteiger partial charge on any atom is -0.357 e. The van der Waals surface area contributed by atoms with Crippen LogP contribution in [0.5, 0.6) is 0 Å². The summed E-state index contributed by atoms with van der Waals surface area (Å²) in [6.07, 6.45) is 5.25. The summed E-state index contributed by atoms with van der Waals surface area (Å²) < 4.78 is 13.5. The van der Waals surface area contributed by atoms with E-state index in [2.05, 4.69) is 18.4 Å². The van der Waals surface area contributed by atoms with Gasteiger partial charge in [0.1, 0.15) is 11.6 Å². The molecule has 2 aromatic carbocycles. The number of halogens is 1. The summed E-state index contributed by atoms with van der Waals surface area (Å²) in [5.41, 5.74) is 4.45. The van der Waals surface area contributed by atoms with E-state index in [9.17, 15) is 9.18 Å². The van der Waals surface area contributed by atoms with E-state index in [-0.39, 0.29) is 11.7 Å². The highest BCUT2D eigenvalue weighted by molar-refractivity contribution is 6.06. The number of benzene rings is 2. The average Bonchev–Trinajstić information content (AvgIpc) is 3.10. The van der Waals surface area contributed by atoms with E-state index >= 15 is 0 Å². The minimum atomic E-state index is -0.330. The highest BCUT2D eigenvalue weighted by atomic mass is 19.1. The van der Waals surface area contributed by atoms with Gasteiger partial charge in [-0.15, -0.1) is 0 Å². The number of amides is 1. The van der Waals surface area contributed by atoms with E-state index in [0.29, 0.717) is 23.7 Å². The van der Waals surface area contributed by atoms with Crippen LogP contribution in [0, 0.1) is 18.7 Å². The lowest BCUT2D eigenvalue weighted by molar-refractivity contribution is 0.0985. The summed E-state index contributed by atoms with van der Waals surface area (Å²) in [6, 6.07) is 17.6. The number of nitrogens with zero attached hydrogens (tertiary/aromatic N) is 3. The fourth-order valence-corrected chi connectivity index (χ4v) is 4.53. The molecule has 1 unspecified atom stereocenters. The molecule has 0 spiro atoms. The van der Waals surface area contributed by atoms with Crippen LogP contribution < -0.4 is 9.80 Å². The predicted octanol–water partition coefficient (Wildman–Crippen LogP) is 6.56. The van der Waals surface area contributed by atoms with Crippen LogP contribution >= 0.6 is 0 Å². The molecule has 1 saturated heterocycles. The Balaban J connectivity index is 1.54. The van der Waals surface area contributed by atoms with Gasteiger partial charge in [0.2, 0.25) is 0 Å². The van der Waals surface area contributed by atoms with Crippen LogP contribution in [-0.4, -0.2) is 24.0 Å². The Bertz CT molecular complexity index is 1140. The number of aryl methyl sites for hydroxylation is 1. The SMILES string of the molecule is C=C(C)C1CCCN(c2ccc(CN(C(=O)c3cccc(C)c3)c3ccc(F)cc3)cn2)CC1. The lowest BCUT2D eigenvalue weighted by atomic mass is 9.94. The van der Waals surface area contributed by atoms with Crippen LogP contribution in [0.1, 0.15) is 47.7 Å². The summed E-state index contributed by atoms with van der Waals surface area (Å²) in [7, 11) is 0. The molecule has 1 aliphatic rings. The normalized spacial score (nSPS) is 16.1. The van der Waals surface area contributed by atoms with Crippen molar-refractivity contribution in [2.24, 2.45) is 5.92 Å². The Labute approximate surface area is 201 Å². The van der Waals surface area contributed by atoms with Crippen LogP contribution in [-0.2, 0) is 6.54 Å². The molecule has 0 radical (unpaired) electrons. The Morgan fingerprint density at radius 3 is 2.59 bits per heavy atom. The first-order valence-electron chi connectivity index (χ1n) is 11.9. The number of carbonyl (C=O) groups is 1. The number of rotatable bonds is 6. The summed E-state index contributed by atoms with van der Waals surface area (Å²) in [4.78, 5) is 22.2. The zero-order valence-electron chi connectivity index (χ0n) is 20.0. The van der Waals surface area contributed by atoms with E-state index in [0.717, 1.165) is 42.9 Å². The molecule has 1 aliphatic heterocycles. The molecule has 176 valence electrons. The van der Waals surface area contributed by atoms with Gasteiger partial charge in [0.05, 0.1) is 6.54 Å². The molecule has 0 aliphatic carbocycles. The highest BCUT2D eigenvalue weighted by Gasteiger charge is 2.21. The predicted molar refractivity (Wildman–Crippen MR) is 137 cm³/mol. The van der Waals surface area contributed by atoms with Crippen LogP contribution in [0.15, 0.2) is 79.0 Å². The number of hydrogen-bond donors (Lipinski definition) is 0. The standard InChI is InChI=1S/C29H32FN3O/c1-21(2)24-8-5-16-32(17-15-24)28-14-9-23(19-31-28)20-33(27-12-10-26(30)11-13-27)29(34)25-7-4-6-22(3)18-25/h4,6-7,9-14,18-19,24H,1,5,8,15-17,20H2,2-3H3. The maximum absolute atomic E-state index is 13.5. The molecular formula is C29H32FN3O. The molecule has 34 heavy (non-hydrogen) atoms. The van der Waals surface area contributed by atoms with Gasteiger partial charge in [0.15, 0.2) is 0 Å². The Morgan fingerprint density at radius 2 is 1.91 bits per heavy atom. The Kier molecular flexibility index (Phi) is 7.41. The largest absolute Gasteiger partial charge is 0.357 e. The molecule has 0 bridgehead atoms. The van der Waals surface area contributed by atoms with Gasteiger partial charge < -0.3 is 9.80 Å². The molecule has 1 atom stereocenters. The number of carbonyl (C=O) groups excluding carboxylic acids is 1. The third-order valence-electron chi connectivity index (χ3n) is 6.55. The van der Waals surface area contributed by atoms with Crippen LogP contribution in [0.3, 0.4) is 0 Å². The first-order valence-corrected chi connectivity index (χ1v) is 11.9. The van der Waals surface area contributed by atoms with Crippen LogP contribution in [0.2, 0.25) is 0 Å². The molecule has 0 N–H and O–H groups in total. The molecule has 5 heteroatoms. The number of anilines is 2. The lowest BCUT2D eigenvalue weighted by Gasteiger charge is -2.25. The fourth-order valence-electron chi connectivity index (χ4n) is 4.53. The second kappa shape index (κ2) is 10.6. The van der Waals surface area contributed by atoms with Gasteiger partial charge in [-0.2, -0.15) is 0 Å². The van der Waals surface area contributed by atoms with Gasteiger partial charge in [-0.25, -0.2) is 9.37 Å². The third-order valence-corrected chi connectivity index (χ3v) is 6.55. The zero-order chi connectivity index (χ0) is 24.1. The van der Waals surface area contributed by atoms with Gasteiger partial charge in [0.25, 0.3) is 5.91 Å². The summed E-state index contributed by atoms with van der Waals surface area (Å²) in [5.74, 6) is 1.09. The van der Waals surface area contributed by atoms with Gasteiger partial charge in [-0.3, -0.25) is 4.79 Å². The van der Waals surface area contributed by atoms with Crippen molar-refractivity contribution < 1.29 is 9.18 Å². The Morgan fingerprint density at radius 1 is 1.12 bits per heavy atom. The van der Waals surface area contributed by atoms with Crippen molar-refractivity contribution in [3.8, 4) is 0 Å². The molecule has 4 nitrogen and oxygen atoms in total. The van der Waals surface area contributed by atoms with E-state index in [1.165, 1.54) is 24.1 Å². The van der Waals surface area contributed by atoms with Gasteiger partial charge in [-0.05, 0) is 87.1 Å². The summed E-state index contributed by atoms with van der Waals surface area (Å²) >= 11 is 0. The zero-order valence-corrected chi connectivity index (χ0v) is 20.0. The minimum absolute atomic E-state index is 0.127. The molecular weight excluding hydrogens is 425 g/mol. The van der Waals surface area contributed by atoms with E-state index < -0.39 is 0 Å². The monoisotopic (exact) mass is 457 g/mol. The molecule has 0 saturated carbocycles. The first-order chi connectivity index (χ1) is 16.4. The fraction of sp³-hybridized carbons (Fsp3) is 0.310. The van der Waals surface area contributed by atoms with Crippen molar-refractivity contribution in [2.75, 3.05) is 22.9 Å². The molecule has 4 rings (SSSR count). The first kappa shape index (κ1) is 23.7. The quantitative estimate of drug-likeness (QED) is 0.393. The van der Waals surface area contributed by atoms with Crippen molar-refractivity contribution in [3.63, 3.8) is 0 Å². The van der Waals surface area contributed by atoms with Crippen molar-refractivity contribution in [1.82, 2.24) is 4.98 Å². The molecule has 1 aromatic heterocycles. The smallest absolute Gasteiger partial charge is 0.258 e. The maximum Gasteiger partial charge on any atom is 0.258 e. The van der Waals surface area contributed by atoms with Gasteiger partial charge in [0, 0.05) is 30.5 Å². The number of hydrogen-bond acceptors (Lipinski definition) is 3. The molecule has 1 fully saturated rings. The van der Waals surface area contributed by atoms with Crippen molar-refractivity contribution in [1.29, 1.82) is 0 Å². The molecule has 3 aromatic rings. The number of aromatic nitrogens is 1. The van der Waals surface area contributed by atoms with Gasteiger partial charge >= 0.3 is 0 Å². The Hall–Kier alpha value is -3.47. The summed E-state index contributed by atoms with van der Waals surface area (Å²) in [5, 5.41) is 0. The average molecular weight is 458 g/mol. The van der Waals surface area contributed by atoms with Crippen molar-refractivity contribution in [3.05, 3.63) is 102 Å². The highest BCUT2D eigenvalue weighted by Crippen LogP contribution is 2.26. The van der Waals surface area contributed by atoms with Crippen molar-refractivity contribution >= 4 is 17.4 Å². The number of allylic oxidation sites excluding steroid dienone is 1. The molecule has 2 heterocycles. The van der Waals surface area contributed by atoms with E-state index in [4.69, 9.17) is 4.98 Å². The van der Waals surface area contributed by atoms with Crippen molar-refractivity contribution in [2.45, 2.75) is 39.7 Å². The topological polar surface area (TPSA) is 36.4 Å². The molecule has 1 amide bonds. The van der Waals surface area contributed by atoms with Crippen LogP contribution in [0.25, 0.3) is 0 Å². The second-order valence-electron chi connectivity index (χ2n) is 9.22. The third kappa shape index (κ3) is 5.71. The van der Waals surface area contributed by atoms with Gasteiger partial charge in [-0.1, -0.05) is 35.9 Å². The lowest BCUT2D eigenvalue weighted by Crippen LogP contribution is -2.30.